The molecular formula is C9H9F2NO3. The Kier molecular flexibility index (Phi) is 3.54. The fourth-order valence-electron chi connectivity index (χ4n) is 0.951. The lowest BCUT2D eigenvalue weighted by Gasteiger charge is -2.07. The zero-order valence-electron chi connectivity index (χ0n) is 7.85. The zero-order valence-corrected chi connectivity index (χ0v) is 7.85. The van der Waals surface area contributed by atoms with Gasteiger partial charge in [0.1, 0.15) is 0 Å². The number of aliphatic carboxylic acids is 1. The molecule has 1 aromatic rings. The minimum Gasteiger partial charge on any atom is -0.481 e. The van der Waals surface area contributed by atoms with Gasteiger partial charge in [0.25, 0.3) is 0 Å². The van der Waals surface area contributed by atoms with Crippen molar-refractivity contribution < 1.29 is 23.4 Å². The van der Waals surface area contributed by atoms with Crippen LogP contribution >= 0.6 is 0 Å². The maximum atomic E-state index is 11.8. The molecule has 1 unspecified atom stereocenters. The number of hydrogen-bond donors (Lipinski definition) is 1. The average Bonchev–Trinajstić information content (AvgIpc) is 2.17. The Morgan fingerprint density at radius 1 is 1.53 bits per heavy atom. The smallest absolute Gasteiger partial charge is 0.388 e. The van der Waals surface area contributed by atoms with Gasteiger partial charge in [-0.15, -0.1) is 0 Å². The maximum Gasteiger partial charge on any atom is 0.388 e. The lowest BCUT2D eigenvalue weighted by molar-refractivity contribution is -0.138. The van der Waals surface area contributed by atoms with Gasteiger partial charge in [-0.25, -0.2) is 4.98 Å². The molecule has 0 aliphatic carbocycles. The molecule has 15 heavy (non-hydrogen) atoms. The van der Waals surface area contributed by atoms with Gasteiger partial charge in [-0.2, -0.15) is 8.78 Å². The third-order valence-electron chi connectivity index (χ3n) is 1.84. The minimum atomic E-state index is -2.93. The molecule has 82 valence electrons. The number of carbonyl (C=O) groups is 1. The molecule has 6 heteroatoms. The van der Waals surface area contributed by atoms with E-state index in [1.165, 1.54) is 25.3 Å². The lowest BCUT2D eigenvalue weighted by Crippen LogP contribution is -2.08. The fourth-order valence-corrected chi connectivity index (χ4v) is 0.951. The molecule has 4 nitrogen and oxygen atoms in total. The number of ether oxygens (including phenoxy) is 1. The van der Waals surface area contributed by atoms with Crippen molar-refractivity contribution >= 4 is 5.97 Å². The van der Waals surface area contributed by atoms with Crippen LogP contribution < -0.4 is 4.74 Å². The van der Waals surface area contributed by atoms with E-state index in [9.17, 15) is 13.6 Å². The molecule has 0 aliphatic heterocycles. The number of halogens is 2. The van der Waals surface area contributed by atoms with Crippen LogP contribution in [0.5, 0.6) is 5.88 Å². The largest absolute Gasteiger partial charge is 0.481 e. The first-order chi connectivity index (χ1) is 7.00. The first-order valence-electron chi connectivity index (χ1n) is 4.14. The van der Waals surface area contributed by atoms with Crippen molar-refractivity contribution in [3.05, 3.63) is 23.9 Å². The SMILES string of the molecule is CC(C(=O)O)c1ccc(OC(F)F)nc1. The van der Waals surface area contributed by atoms with Gasteiger partial charge in [0.2, 0.25) is 5.88 Å². The van der Waals surface area contributed by atoms with Crippen LogP contribution in [0.4, 0.5) is 8.78 Å². The zero-order chi connectivity index (χ0) is 11.4. The molecule has 0 bridgehead atoms. The summed E-state index contributed by atoms with van der Waals surface area (Å²) in [5.74, 6) is -1.95. The molecule has 0 spiro atoms. The van der Waals surface area contributed by atoms with Gasteiger partial charge in [0.05, 0.1) is 5.92 Å². The highest BCUT2D eigenvalue weighted by molar-refractivity contribution is 5.75. The van der Waals surface area contributed by atoms with Gasteiger partial charge in [-0.3, -0.25) is 4.79 Å². The second kappa shape index (κ2) is 4.68. The summed E-state index contributed by atoms with van der Waals surface area (Å²) in [4.78, 5) is 14.1. The van der Waals surface area contributed by atoms with E-state index in [1.807, 2.05) is 0 Å². The van der Waals surface area contributed by atoms with Gasteiger partial charge in [-0.05, 0) is 12.5 Å². The third-order valence-corrected chi connectivity index (χ3v) is 1.84. The Hall–Kier alpha value is -1.72. The molecule has 0 aromatic carbocycles. The molecule has 0 aliphatic rings. The predicted octanol–water partition coefficient (Wildman–Crippen LogP) is 1.87. The van der Waals surface area contributed by atoms with Gasteiger partial charge in [0, 0.05) is 12.3 Å². The molecule has 0 saturated heterocycles. The number of hydrogen-bond acceptors (Lipinski definition) is 3. The van der Waals surface area contributed by atoms with Crippen LogP contribution in [0.15, 0.2) is 18.3 Å². The van der Waals surface area contributed by atoms with Crippen molar-refractivity contribution in [3.8, 4) is 5.88 Å². The fraction of sp³-hybridized carbons (Fsp3) is 0.333. The predicted molar refractivity (Wildman–Crippen MR) is 46.9 cm³/mol. The quantitative estimate of drug-likeness (QED) is 0.836. The Morgan fingerprint density at radius 3 is 2.60 bits per heavy atom. The van der Waals surface area contributed by atoms with Crippen molar-refractivity contribution in [2.45, 2.75) is 19.5 Å². The molecule has 0 amide bonds. The molecule has 1 rings (SSSR count). The third kappa shape index (κ3) is 3.16. The molecule has 1 atom stereocenters. The maximum absolute atomic E-state index is 11.8. The first kappa shape index (κ1) is 11.4. The molecule has 1 N–H and O–H groups in total. The van der Waals surface area contributed by atoms with Crippen LogP contribution in [0.2, 0.25) is 0 Å². The molecule has 1 aromatic heterocycles. The van der Waals surface area contributed by atoms with Crippen LogP contribution in [0, 0.1) is 0 Å². The van der Waals surface area contributed by atoms with Crippen LogP contribution in [-0.2, 0) is 4.79 Å². The summed E-state index contributed by atoms with van der Waals surface area (Å²) in [5.41, 5.74) is 0.434. The van der Waals surface area contributed by atoms with Gasteiger partial charge < -0.3 is 9.84 Å². The van der Waals surface area contributed by atoms with Crippen LogP contribution in [0.3, 0.4) is 0 Å². The van der Waals surface area contributed by atoms with E-state index in [-0.39, 0.29) is 5.88 Å². The summed E-state index contributed by atoms with van der Waals surface area (Å²) in [6.45, 7) is -1.45. The summed E-state index contributed by atoms with van der Waals surface area (Å²) < 4.78 is 27.5. The standard InChI is InChI=1S/C9H9F2NO3/c1-5(8(13)14)6-2-3-7(12-4-6)15-9(10)11/h2-5,9H,1H3,(H,13,14). The van der Waals surface area contributed by atoms with Crippen molar-refractivity contribution in [1.29, 1.82) is 0 Å². The number of alkyl halides is 2. The number of carboxylic acids is 1. The number of aromatic nitrogens is 1. The number of pyridine rings is 1. The van der Waals surface area contributed by atoms with Crippen LogP contribution in [0.25, 0.3) is 0 Å². The van der Waals surface area contributed by atoms with Crippen molar-refractivity contribution in [1.82, 2.24) is 4.98 Å². The van der Waals surface area contributed by atoms with E-state index >= 15 is 0 Å². The van der Waals surface area contributed by atoms with Crippen LogP contribution in [0.1, 0.15) is 18.4 Å². The lowest BCUT2D eigenvalue weighted by atomic mass is 10.0. The van der Waals surface area contributed by atoms with E-state index in [0.717, 1.165) is 0 Å². The summed E-state index contributed by atoms with van der Waals surface area (Å²) in [6.07, 6.45) is 1.20. The Labute approximate surface area is 84.5 Å². The van der Waals surface area contributed by atoms with Gasteiger partial charge >= 0.3 is 12.6 Å². The summed E-state index contributed by atoms with van der Waals surface area (Å²) >= 11 is 0. The molecular weight excluding hydrogens is 208 g/mol. The molecule has 1 heterocycles. The Bertz CT molecular complexity index is 340. The second-order valence-electron chi connectivity index (χ2n) is 2.87. The van der Waals surface area contributed by atoms with E-state index in [1.54, 1.807) is 0 Å². The summed E-state index contributed by atoms with van der Waals surface area (Å²) in [7, 11) is 0. The summed E-state index contributed by atoms with van der Waals surface area (Å²) in [5, 5.41) is 8.67. The Morgan fingerprint density at radius 2 is 2.20 bits per heavy atom. The number of carboxylic acid groups (broad SMARTS) is 1. The second-order valence-corrected chi connectivity index (χ2v) is 2.87. The van der Waals surface area contributed by atoms with E-state index in [2.05, 4.69) is 9.72 Å². The minimum absolute atomic E-state index is 0.230. The van der Waals surface area contributed by atoms with Crippen molar-refractivity contribution in [2.24, 2.45) is 0 Å². The monoisotopic (exact) mass is 217 g/mol. The molecule has 0 radical (unpaired) electrons. The van der Waals surface area contributed by atoms with Gasteiger partial charge in [-0.1, -0.05) is 6.07 Å². The van der Waals surface area contributed by atoms with Gasteiger partial charge in [0.15, 0.2) is 0 Å². The molecule has 0 saturated carbocycles. The van der Waals surface area contributed by atoms with Crippen molar-refractivity contribution in [2.75, 3.05) is 0 Å². The highest BCUT2D eigenvalue weighted by Crippen LogP contribution is 2.17. The van der Waals surface area contributed by atoms with Crippen LogP contribution in [-0.4, -0.2) is 22.7 Å². The first-order valence-corrected chi connectivity index (χ1v) is 4.14. The molecule has 0 fully saturated rings. The summed E-state index contributed by atoms with van der Waals surface area (Å²) in [6, 6.07) is 2.60. The highest BCUT2D eigenvalue weighted by atomic mass is 19.3. The topological polar surface area (TPSA) is 59.4 Å². The highest BCUT2D eigenvalue weighted by Gasteiger charge is 2.14. The average molecular weight is 217 g/mol. The Balaban J connectivity index is 2.76. The van der Waals surface area contributed by atoms with E-state index in [4.69, 9.17) is 5.11 Å². The number of nitrogens with zero attached hydrogens (tertiary/aromatic N) is 1. The van der Waals surface area contributed by atoms with Crippen molar-refractivity contribution in [3.63, 3.8) is 0 Å². The van der Waals surface area contributed by atoms with E-state index < -0.39 is 18.5 Å². The van der Waals surface area contributed by atoms with E-state index in [0.29, 0.717) is 5.56 Å². The normalized spacial score (nSPS) is 12.5. The number of rotatable bonds is 4.